The molecule has 0 spiro atoms. The van der Waals surface area contributed by atoms with E-state index in [1.165, 1.54) is 22.4 Å². The zero-order valence-corrected chi connectivity index (χ0v) is 19.0. The first kappa shape index (κ1) is 21.3. The molecule has 1 unspecified atom stereocenters. The summed E-state index contributed by atoms with van der Waals surface area (Å²) in [6.45, 7) is 12.4. The van der Waals surface area contributed by atoms with E-state index in [1.807, 2.05) is 20.8 Å². The Morgan fingerprint density at radius 2 is 1.93 bits per heavy atom. The van der Waals surface area contributed by atoms with Crippen LogP contribution in [-0.2, 0) is 9.53 Å². The number of carboxylic acid groups (broad SMARTS) is 1. The standard InChI is InChI=1S/C24H34O3S/c1-15-18(20(22(25)26)27-23(2,3)4)19(16-11-13-24(5,6)14-12-16)21(28-15)17-9-7-8-10-17/h9,11,20H,7-8,10,12-14H2,1-6H3,(H,25,26). The van der Waals surface area contributed by atoms with E-state index in [1.54, 1.807) is 11.3 Å². The van der Waals surface area contributed by atoms with Crippen LogP contribution in [0.4, 0.5) is 0 Å². The molecule has 1 aromatic heterocycles. The molecule has 0 fully saturated rings. The number of hydrogen-bond acceptors (Lipinski definition) is 3. The van der Waals surface area contributed by atoms with Crippen molar-refractivity contribution in [3.8, 4) is 0 Å². The monoisotopic (exact) mass is 402 g/mol. The van der Waals surface area contributed by atoms with Gasteiger partial charge in [-0.25, -0.2) is 4.79 Å². The zero-order valence-electron chi connectivity index (χ0n) is 18.1. The second-order valence-electron chi connectivity index (χ2n) is 9.94. The fraction of sp³-hybridized carbons (Fsp3) is 0.625. The Kier molecular flexibility index (Phi) is 5.94. The number of thiophene rings is 1. The second-order valence-corrected chi connectivity index (χ2v) is 11.2. The lowest BCUT2D eigenvalue weighted by molar-refractivity contribution is -0.160. The normalized spacial score (nSPS) is 20.6. The van der Waals surface area contributed by atoms with Gasteiger partial charge in [-0.3, -0.25) is 0 Å². The van der Waals surface area contributed by atoms with Gasteiger partial charge in [0.2, 0.25) is 0 Å². The number of carbonyl (C=O) groups is 1. The summed E-state index contributed by atoms with van der Waals surface area (Å²) in [5.74, 6) is -0.902. The summed E-state index contributed by atoms with van der Waals surface area (Å²) in [4.78, 5) is 14.6. The number of rotatable bonds is 5. The lowest BCUT2D eigenvalue weighted by atomic mass is 9.76. The highest BCUT2D eigenvalue weighted by Gasteiger charge is 2.35. The molecule has 1 aromatic rings. The molecule has 28 heavy (non-hydrogen) atoms. The fourth-order valence-corrected chi connectivity index (χ4v) is 5.47. The van der Waals surface area contributed by atoms with E-state index in [2.05, 4.69) is 32.9 Å². The van der Waals surface area contributed by atoms with E-state index in [0.29, 0.717) is 5.41 Å². The molecule has 2 aliphatic carbocycles. The van der Waals surface area contributed by atoms with Crippen LogP contribution in [0.3, 0.4) is 0 Å². The molecule has 3 rings (SSSR count). The first-order valence-corrected chi connectivity index (χ1v) is 11.2. The van der Waals surface area contributed by atoms with Gasteiger partial charge in [-0.05, 0) is 82.8 Å². The number of aryl methyl sites for hydroxylation is 1. The lowest BCUT2D eigenvalue weighted by Gasteiger charge is -2.31. The van der Waals surface area contributed by atoms with Crippen LogP contribution in [0.5, 0.6) is 0 Å². The lowest BCUT2D eigenvalue weighted by Crippen LogP contribution is -2.28. The van der Waals surface area contributed by atoms with Crippen LogP contribution in [0.25, 0.3) is 11.1 Å². The topological polar surface area (TPSA) is 46.5 Å². The van der Waals surface area contributed by atoms with Crippen LogP contribution >= 0.6 is 11.3 Å². The third kappa shape index (κ3) is 4.60. The smallest absolute Gasteiger partial charge is 0.337 e. The fourth-order valence-electron chi connectivity index (χ4n) is 4.19. The molecule has 1 atom stereocenters. The van der Waals surface area contributed by atoms with Crippen molar-refractivity contribution >= 4 is 28.5 Å². The molecular weight excluding hydrogens is 368 g/mol. The number of carboxylic acids is 1. The molecule has 154 valence electrons. The molecule has 0 radical (unpaired) electrons. The van der Waals surface area contributed by atoms with E-state index in [4.69, 9.17) is 4.74 Å². The highest BCUT2D eigenvalue weighted by atomic mass is 32.1. The summed E-state index contributed by atoms with van der Waals surface area (Å²) in [7, 11) is 0. The molecule has 0 amide bonds. The minimum Gasteiger partial charge on any atom is -0.479 e. The highest BCUT2D eigenvalue weighted by Crippen LogP contribution is 2.48. The molecule has 3 nitrogen and oxygen atoms in total. The SMILES string of the molecule is Cc1sc(C2=CCCC2)c(C2=CCC(C)(C)CC2)c1C(OC(C)(C)C)C(=O)O. The molecule has 0 aliphatic heterocycles. The summed E-state index contributed by atoms with van der Waals surface area (Å²) in [5, 5.41) is 10.0. The van der Waals surface area contributed by atoms with Crippen LogP contribution in [0.2, 0.25) is 0 Å². The van der Waals surface area contributed by atoms with Gasteiger partial charge in [0.1, 0.15) is 0 Å². The Morgan fingerprint density at radius 1 is 1.21 bits per heavy atom. The number of hydrogen-bond donors (Lipinski definition) is 1. The van der Waals surface area contributed by atoms with Gasteiger partial charge in [-0.2, -0.15) is 0 Å². The van der Waals surface area contributed by atoms with Crippen molar-refractivity contribution in [3.63, 3.8) is 0 Å². The van der Waals surface area contributed by atoms with Gasteiger partial charge in [-0.15, -0.1) is 11.3 Å². The van der Waals surface area contributed by atoms with Crippen molar-refractivity contribution in [2.24, 2.45) is 5.41 Å². The third-order valence-electron chi connectivity index (χ3n) is 5.71. The quantitative estimate of drug-likeness (QED) is 0.568. The average molecular weight is 403 g/mol. The molecule has 1 N–H and O–H groups in total. The van der Waals surface area contributed by atoms with E-state index < -0.39 is 17.7 Å². The molecule has 1 heterocycles. The number of aliphatic carboxylic acids is 1. The van der Waals surface area contributed by atoms with Crippen molar-refractivity contribution in [3.05, 3.63) is 33.0 Å². The van der Waals surface area contributed by atoms with E-state index in [9.17, 15) is 9.90 Å². The van der Waals surface area contributed by atoms with Crippen LogP contribution in [-0.4, -0.2) is 16.7 Å². The Bertz CT molecular complexity index is 818. The predicted octanol–water partition coefficient (Wildman–Crippen LogP) is 7.16. The maximum absolute atomic E-state index is 12.2. The van der Waals surface area contributed by atoms with Crippen LogP contribution in [0, 0.1) is 12.3 Å². The van der Waals surface area contributed by atoms with Gasteiger partial charge in [0.15, 0.2) is 6.10 Å². The molecule has 4 heteroatoms. The van der Waals surface area contributed by atoms with Crippen molar-refractivity contribution in [2.75, 3.05) is 0 Å². The van der Waals surface area contributed by atoms with Crippen molar-refractivity contribution in [2.45, 2.75) is 91.8 Å². The molecular formula is C24H34O3S. The summed E-state index contributed by atoms with van der Waals surface area (Å²) in [6, 6.07) is 0. The molecule has 0 bridgehead atoms. The third-order valence-corrected chi connectivity index (χ3v) is 6.91. The minimum absolute atomic E-state index is 0.315. The average Bonchev–Trinajstić information content (AvgIpc) is 3.19. The maximum atomic E-state index is 12.2. The molecule has 0 saturated heterocycles. The van der Waals surface area contributed by atoms with Crippen LogP contribution < -0.4 is 0 Å². The van der Waals surface area contributed by atoms with Crippen LogP contribution in [0.1, 0.15) is 100 Å². The largest absolute Gasteiger partial charge is 0.479 e. The second kappa shape index (κ2) is 7.79. The predicted molar refractivity (Wildman–Crippen MR) is 118 cm³/mol. The number of allylic oxidation sites excluding steroid dienone is 4. The summed E-state index contributed by atoms with van der Waals surface area (Å²) < 4.78 is 6.07. The Balaban J connectivity index is 2.16. The van der Waals surface area contributed by atoms with Gasteiger partial charge in [-0.1, -0.05) is 26.0 Å². The molecule has 0 aromatic carbocycles. The number of ether oxygens (including phenoxy) is 1. The van der Waals surface area contributed by atoms with Crippen molar-refractivity contribution < 1.29 is 14.6 Å². The van der Waals surface area contributed by atoms with Crippen molar-refractivity contribution in [1.29, 1.82) is 0 Å². The first-order valence-electron chi connectivity index (χ1n) is 10.4. The highest BCUT2D eigenvalue weighted by molar-refractivity contribution is 7.13. The molecule has 0 saturated carbocycles. The maximum Gasteiger partial charge on any atom is 0.337 e. The van der Waals surface area contributed by atoms with Gasteiger partial charge >= 0.3 is 5.97 Å². The van der Waals surface area contributed by atoms with Gasteiger partial charge in [0.25, 0.3) is 0 Å². The Morgan fingerprint density at radius 3 is 2.43 bits per heavy atom. The minimum atomic E-state index is -0.933. The summed E-state index contributed by atoms with van der Waals surface area (Å²) in [6.07, 6.45) is 10.3. The van der Waals surface area contributed by atoms with Gasteiger partial charge in [0, 0.05) is 20.9 Å². The van der Waals surface area contributed by atoms with E-state index in [-0.39, 0.29) is 0 Å². The summed E-state index contributed by atoms with van der Waals surface area (Å²) in [5.41, 5.74) is 4.52. The molecule has 2 aliphatic rings. The van der Waals surface area contributed by atoms with E-state index in [0.717, 1.165) is 48.1 Å². The first-order chi connectivity index (χ1) is 13.0. The van der Waals surface area contributed by atoms with Crippen molar-refractivity contribution in [1.82, 2.24) is 0 Å². The Hall–Kier alpha value is -1.39. The Labute approximate surface area is 173 Å². The zero-order chi connectivity index (χ0) is 20.7. The van der Waals surface area contributed by atoms with E-state index >= 15 is 0 Å². The van der Waals surface area contributed by atoms with Gasteiger partial charge < -0.3 is 9.84 Å². The summed E-state index contributed by atoms with van der Waals surface area (Å²) >= 11 is 1.75. The van der Waals surface area contributed by atoms with Crippen LogP contribution in [0.15, 0.2) is 12.2 Å². The van der Waals surface area contributed by atoms with Gasteiger partial charge in [0.05, 0.1) is 5.60 Å².